The molecule has 0 bridgehead atoms. The van der Waals surface area contributed by atoms with Gasteiger partial charge in [0.15, 0.2) is 0 Å². The fraction of sp³-hybridized carbons (Fsp3) is 0.235. The molecule has 0 aliphatic carbocycles. The molecular formula is C17H17Cl3N2O. The van der Waals surface area contributed by atoms with E-state index in [2.05, 4.69) is 6.07 Å². The Labute approximate surface area is 152 Å². The molecule has 1 fully saturated rings. The highest BCUT2D eigenvalue weighted by molar-refractivity contribution is 6.31. The van der Waals surface area contributed by atoms with Gasteiger partial charge in [0.05, 0.1) is 26.2 Å². The normalized spacial score (nSPS) is 15.1. The van der Waals surface area contributed by atoms with Crippen LogP contribution in [0.15, 0.2) is 48.5 Å². The predicted octanol–water partition coefficient (Wildman–Crippen LogP) is -0.330. The summed E-state index contributed by atoms with van der Waals surface area (Å²) in [5.74, 6) is 0.0711. The van der Waals surface area contributed by atoms with Crippen molar-refractivity contribution in [3.05, 3.63) is 64.1 Å². The van der Waals surface area contributed by atoms with Gasteiger partial charge in [-0.25, -0.2) is 0 Å². The molecule has 1 heterocycles. The largest absolute Gasteiger partial charge is 1.00 e. The number of halogens is 3. The Hall–Kier alpha value is -1.26. The molecule has 0 unspecified atom stereocenters. The first-order valence-corrected chi connectivity index (χ1v) is 8.04. The Morgan fingerprint density at radius 1 is 0.957 bits per heavy atom. The Morgan fingerprint density at radius 2 is 1.61 bits per heavy atom. The summed E-state index contributed by atoms with van der Waals surface area (Å²) in [7, 11) is 0. The minimum absolute atomic E-state index is 0. The smallest absolute Gasteiger partial charge is 0.254 e. The third-order valence-electron chi connectivity index (χ3n) is 3.98. The molecule has 3 nitrogen and oxygen atoms in total. The molecule has 0 atom stereocenters. The summed E-state index contributed by atoms with van der Waals surface area (Å²) in [4.78, 5) is 15.7. The minimum atomic E-state index is 0. The van der Waals surface area contributed by atoms with Crippen LogP contribution >= 0.6 is 23.2 Å². The molecule has 1 aliphatic rings. The fourth-order valence-corrected chi connectivity index (χ4v) is 3.07. The van der Waals surface area contributed by atoms with Crippen LogP contribution in [0.5, 0.6) is 0 Å². The van der Waals surface area contributed by atoms with Gasteiger partial charge in [0, 0.05) is 21.7 Å². The molecule has 2 aromatic rings. The van der Waals surface area contributed by atoms with Gasteiger partial charge in [-0.05, 0) is 36.4 Å². The lowest BCUT2D eigenvalue weighted by atomic mass is 10.1. The highest BCUT2D eigenvalue weighted by Crippen LogP contribution is 2.14. The molecule has 0 spiro atoms. The van der Waals surface area contributed by atoms with Crippen LogP contribution in [0.1, 0.15) is 10.4 Å². The Balaban J connectivity index is 0.00000192. The molecule has 23 heavy (non-hydrogen) atoms. The van der Waals surface area contributed by atoms with Crippen LogP contribution in [0.2, 0.25) is 10.0 Å². The van der Waals surface area contributed by atoms with Crippen molar-refractivity contribution in [2.45, 2.75) is 0 Å². The number of amides is 1. The van der Waals surface area contributed by atoms with E-state index >= 15 is 0 Å². The zero-order valence-corrected chi connectivity index (χ0v) is 14.7. The maximum atomic E-state index is 12.5. The molecule has 3 rings (SSSR count). The van der Waals surface area contributed by atoms with Crippen molar-refractivity contribution in [3.8, 4) is 0 Å². The maximum Gasteiger partial charge on any atom is 0.254 e. The SMILES string of the molecule is O=C(c1ccc(Cl)cc1)N1CC[NH+](c2cccc(Cl)c2)CC1.[Cl-]. The molecule has 1 saturated heterocycles. The molecule has 0 aromatic heterocycles. The van der Waals surface area contributed by atoms with Crippen molar-refractivity contribution in [2.24, 2.45) is 0 Å². The van der Waals surface area contributed by atoms with E-state index in [1.807, 2.05) is 23.1 Å². The van der Waals surface area contributed by atoms with Crippen molar-refractivity contribution < 1.29 is 22.1 Å². The quantitative estimate of drug-likeness (QED) is 0.768. The Kier molecular flexibility index (Phi) is 6.31. The molecule has 122 valence electrons. The lowest BCUT2D eigenvalue weighted by molar-refractivity contribution is -0.837. The molecule has 0 radical (unpaired) electrons. The van der Waals surface area contributed by atoms with Gasteiger partial charge in [0.1, 0.15) is 5.69 Å². The van der Waals surface area contributed by atoms with Gasteiger partial charge in [-0.15, -0.1) is 0 Å². The number of piperazine rings is 1. The summed E-state index contributed by atoms with van der Waals surface area (Å²) in [6.45, 7) is 3.26. The van der Waals surface area contributed by atoms with Crippen LogP contribution in [0, 0.1) is 0 Å². The summed E-state index contributed by atoms with van der Waals surface area (Å²) in [5.41, 5.74) is 1.88. The van der Waals surface area contributed by atoms with E-state index in [4.69, 9.17) is 23.2 Å². The lowest BCUT2D eigenvalue weighted by Crippen LogP contribution is -3.10. The molecule has 1 amide bonds. The van der Waals surface area contributed by atoms with Gasteiger partial charge in [0.25, 0.3) is 5.91 Å². The number of hydrogen-bond acceptors (Lipinski definition) is 1. The van der Waals surface area contributed by atoms with Gasteiger partial charge >= 0.3 is 0 Å². The molecule has 1 N–H and O–H groups in total. The van der Waals surface area contributed by atoms with E-state index in [0.29, 0.717) is 10.6 Å². The zero-order valence-electron chi connectivity index (χ0n) is 12.4. The van der Waals surface area contributed by atoms with Gasteiger partial charge in [-0.3, -0.25) is 9.69 Å². The van der Waals surface area contributed by atoms with Crippen LogP contribution < -0.4 is 17.3 Å². The summed E-state index contributed by atoms with van der Waals surface area (Å²) >= 11 is 11.9. The fourth-order valence-electron chi connectivity index (χ4n) is 2.75. The number of benzene rings is 2. The lowest BCUT2D eigenvalue weighted by Gasteiger charge is -2.32. The molecule has 1 aliphatic heterocycles. The van der Waals surface area contributed by atoms with Crippen LogP contribution in [0.25, 0.3) is 0 Å². The first-order chi connectivity index (χ1) is 10.6. The third-order valence-corrected chi connectivity index (χ3v) is 4.47. The monoisotopic (exact) mass is 370 g/mol. The predicted molar refractivity (Wildman–Crippen MR) is 89.2 cm³/mol. The number of hydrogen-bond donors (Lipinski definition) is 1. The van der Waals surface area contributed by atoms with Crippen LogP contribution in [-0.2, 0) is 0 Å². The van der Waals surface area contributed by atoms with Crippen molar-refractivity contribution in [1.29, 1.82) is 0 Å². The van der Waals surface area contributed by atoms with Crippen LogP contribution in [0.4, 0.5) is 5.69 Å². The number of nitrogens with one attached hydrogen (secondary N) is 1. The van der Waals surface area contributed by atoms with E-state index in [0.717, 1.165) is 31.2 Å². The summed E-state index contributed by atoms with van der Waals surface area (Å²) in [5, 5.41) is 1.40. The number of carbonyl (C=O) groups is 1. The van der Waals surface area contributed by atoms with Crippen molar-refractivity contribution in [2.75, 3.05) is 26.2 Å². The number of carbonyl (C=O) groups excluding carboxylic acids is 1. The second kappa shape index (κ2) is 8.02. The van der Waals surface area contributed by atoms with Crippen molar-refractivity contribution in [3.63, 3.8) is 0 Å². The van der Waals surface area contributed by atoms with Crippen LogP contribution in [0.3, 0.4) is 0 Å². The first-order valence-electron chi connectivity index (χ1n) is 7.29. The van der Waals surface area contributed by atoms with Crippen LogP contribution in [-0.4, -0.2) is 37.0 Å². The summed E-state index contributed by atoms with van der Waals surface area (Å²) < 4.78 is 0. The highest BCUT2D eigenvalue weighted by atomic mass is 35.5. The van der Waals surface area contributed by atoms with E-state index in [-0.39, 0.29) is 18.3 Å². The van der Waals surface area contributed by atoms with Crippen molar-refractivity contribution >= 4 is 34.8 Å². The number of quaternary nitrogens is 1. The number of rotatable bonds is 2. The molecule has 6 heteroatoms. The summed E-state index contributed by atoms with van der Waals surface area (Å²) in [6.07, 6.45) is 0. The van der Waals surface area contributed by atoms with Gasteiger partial charge in [0.2, 0.25) is 0 Å². The van der Waals surface area contributed by atoms with Crippen molar-refractivity contribution in [1.82, 2.24) is 4.90 Å². The highest BCUT2D eigenvalue weighted by Gasteiger charge is 2.25. The van der Waals surface area contributed by atoms with Gasteiger partial charge < -0.3 is 17.3 Å². The summed E-state index contributed by atoms with van der Waals surface area (Å²) in [6, 6.07) is 15.0. The first kappa shape index (κ1) is 18.1. The van der Waals surface area contributed by atoms with E-state index in [9.17, 15) is 4.79 Å². The zero-order chi connectivity index (χ0) is 15.5. The number of nitrogens with zero attached hydrogens (tertiary/aromatic N) is 1. The van der Waals surface area contributed by atoms with Gasteiger partial charge in [-0.2, -0.15) is 0 Å². The topological polar surface area (TPSA) is 24.8 Å². The minimum Gasteiger partial charge on any atom is -1.00 e. The maximum absolute atomic E-state index is 12.5. The molecule has 0 saturated carbocycles. The third kappa shape index (κ3) is 4.39. The van der Waals surface area contributed by atoms with Gasteiger partial charge in [-0.1, -0.05) is 29.3 Å². The molecule has 2 aromatic carbocycles. The Morgan fingerprint density at radius 3 is 2.22 bits per heavy atom. The molecular weight excluding hydrogens is 355 g/mol. The second-order valence-corrected chi connectivity index (χ2v) is 6.29. The standard InChI is InChI=1S/C17H16Cl2N2O.ClH/c18-14-6-4-13(5-7-14)17(22)21-10-8-20(9-11-21)16-3-1-2-15(19)12-16;/h1-7,12H,8-11H2;1H. The average molecular weight is 372 g/mol. The Bertz CT molecular complexity index is 668. The second-order valence-electron chi connectivity index (χ2n) is 5.41. The average Bonchev–Trinajstić information content (AvgIpc) is 2.55. The van der Waals surface area contributed by atoms with E-state index in [1.54, 1.807) is 24.3 Å². The van der Waals surface area contributed by atoms with E-state index < -0.39 is 0 Å². The van der Waals surface area contributed by atoms with E-state index in [1.165, 1.54) is 10.6 Å².